The average Bonchev–Trinajstić information content (AvgIpc) is 2.91. The van der Waals surface area contributed by atoms with Crippen LogP contribution in [0, 0.1) is 0 Å². The Balaban J connectivity index is 1.98. The van der Waals surface area contributed by atoms with Crippen LogP contribution >= 0.6 is 11.8 Å². The van der Waals surface area contributed by atoms with Crippen LogP contribution < -0.4 is 0 Å². The van der Waals surface area contributed by atoms with Gasteiger partial charge in [0, 0.05) is 17.2 Å². The SMILES string of the molecule is CCOC(=O)c1ncn(CCSc2ccccc2)c1CO. The molecule has 0 bridgehead atoms. The smallest absolute Gasteiger partial charge is 0.358 e. The van der Waals surface area contributed by atoms with E-state index in [1.54, 1.807) is 29.6 Å². The summed E-state index contributed by atoms with van der Waals surface area (Å²) in [7, 11) is 0. The molecule has 6 heteroatoms. The van der Waals surface area contributed by atoms with E-state index in [-0.39, 0.29) is 12.3 Å². The third-order valence-corrected chi connectivity index (χ3v) is 3.90. The Bertz CT molecular complexity index is 584. The van der Waals surface area contributed by atoms with Gasteiger partial charge in [0.25, 0.3) is 0 Å². The molecule has 1 aromatic heterocycles. The summed E-state index contributed by atoms with van der Waals surface area (Å²) in [5.74, 6) is 0.339. The van der Waals surface area contributed by atoms with Crippen LogP contribution in [0.25, 0.3) is 0 Å². The molecule has 0 spiro atoms. The number of thioether (sulfide) groups is 1. The molecule has 21 heavy (non-hydrogen) atoms. The maximum atomic E-state index is 11.7. The fourth-order valence-corrected chi connectivity index (χ4v) is 2.79. The topological polar surface area (TPSA) is 64.3 Å². The van der Waals surface area contributed by atoms with Crippen LogP contribution in [0.15, 0.2) is 41.6 Å². The third kappa shape index (κ3) is 4.09. The molecule has 112 valence electrons. The van der Waals surface area contributed by atoms with Crippen molar-refractivity contribution < 1.29 is 14.6 Å². The number of aliphatic hydroxyl groups is 1. The van der Waals surface area contributed by atoms with Crippen molar-refractivity contribution in [1.82, 2.24) is 9.55 Å². The molecule has 1 heterocycles. The minimum atomic E-state index is -0.490. The molecule has 0 radical (unpaired) electrons. The average molecular weight is 306 g/mol. The molecule has 1 aromatic carbocycles. The predicted molar refractivity (Wildman–Crippen MR) is 81.3 cm³/mol. The number of esters is 1. The van der Waals surface area contributed by atoms with Crippen molar-refractivity contribution in [2.45, 2.75) is 25.0 Å². The monoisotopic (exact) mass is 306 g/mol. The second kappa shape index (κ2) is 7.85. The van der Waals surface area contributed by atoms with Crippen molar-refractivity contribution in [3.8, 4) is 0 Å². The Hall–Kier alpha value is -1.79. The van der Waals surface area contributed by atoms with Crippen LogP contribution in [0.1, 0.15) is 23.1 Å². The van der Waals surface area contributed by atoms with Crippen molar-refractivity contribution in [1.29, 1.82) is 0 Å². The zero-order valence-corrected chi connectivity index (χ0v) is 12.7. The highest BCUT2D eigenvalue weighted by Gasteiger charge is 2.18. The van der Waals surface area contributed by atoms with E-state index in [2.05, 4.69) is 17.1 Å². The van der Waals surface area contributed by atoms with Gasteiger partial charge in [0.2, 0.25) is 0 Å². The summed E-state index contributed by atoms with van der Waals surface area (Å²) in [6.07, 6.45) is 1.57. The van der Waals surface area contributed by atoms with Crippen LogP contribution in [0.5, 0.6) is 0 Å². The number of hydrogen-bond donors (Lipinski definition) is 1. The molecule has 0 aliphatic heterocycles. The second-order valence-electron chi connectivity index (χ2n) is 4.27. The molecule has 0 saturated heterocycles. The lowest BCUT2D eigenvalue weighted by Gasteiger charge is -2.07. The summed E-state index contributed by atoms with van der Waals surface area (Å²) in [5, 5.41) is 9.45. The van der Waals surface area contributed by atoms with Crippen LogP contribution in [0.3, 0.4) is 0 Å². The molecule has 0 amide bonds. The van der Waals surface area contributed by atoms with Gasteiger partial charge in [0.1, 0.15) is 0 Å². The second-order valence-corrected chi connectivity index (χ2v) is 5.44. The Kier molecular flexibility index (Phi) is 5.83. The van der Waals surface area contributed by atoms with E-state index in [4.69, 9.17) is 4.74 Å². The molecule has 0 fully saturated rings. The highest BCUT2D eigenvalue weighted by Crippen LogP contribution is 2.18. The Morgan fingerprint density at radius 1 is 1.38 bits per heavy atom. The molecule has 0 unspecified atom stereocenters. The summed E-state index contributed by atoms with van der Waals surface area (Å²) < 4.78 is 6.72. The summed E-state index contributed by atoms with van der Waals surface area (Å²) in [4.78, 5) is 17.0. The first-order valence-electron chi connectivity index (χ1n) is 6.76. The lowest BCUT2D eigenvalue weighted by Crippen LogP contribution is -2.11. The van der Waals surface area contributed by atoms with Gasteiger partial charge in [-0.25, -0.2) is 9.78 Å². The molecule has 1 N–H and O–H groups in total. The molecular formula is C15H18N2O3S. The molecule has 2 aromatic rings. The first-order valence-corrected chi connectivity index (χ1v) is 7.74. The van der Waals surface area contributed by atoms with Crippen molar-refractivity contribution in [3.05, 3.63) is 48.0 Å². The van der Waals surface area contributed by atoms with Crippen molar-refractivity contribution in [2.24, 2.45) is 0 Å². The predicted octanol–water partition coefficient (Wildman–Crippen LogP) is 2.34. The van der Waals surface area contributed by atoms with E-state index < -0.39 is 5.97 Å². The number of hydrogen-bond acceptors (Lipinski definition) is 5. The molecule has 2 rings (SSSR count). The van der Waals surface area contributed by atoms with E-state index in [1.165, 1.54) is 4.90 Å². The molecular weight excluding hydrogens is 288 g/mol. The maximum absolute atomic E-state index is 11.7. The van der Waals surface area contributed by atoms with E-state index in [0.717, 1.165) is 5.75 Å². The zero-order valence-electron chi connectivity index (χ0n) is 11.9. The van der Waals surface area contributed by atoms with Crippen molar-refractivity contribution in [2.75, 3.05) is 12.4 Å². The van der Waals surface area contributed by atoms with Crippen LogP contribution in [0.2, 0.25) is 0 Å². The highest BCUT2D eigenvalue weighted by atomic mass is 32.2. The molecule has 5 nitrogen and oxygen atoms in total. The fraction of sp³-hybridized carbons (Fsp3) is 0.333. The summed E-state index contributed by atoms with van der Waals surface area (Å²) in [5.41, 5.74) is 0.700. The minimum Gasteiger partial charge on any atom is -0.461 e. The van der Waals surface area contributed by atoms with Gasteiger partial charge in [-0.3, -0.25) is 0 Å². The minimum absolute atomic E-state index is 0.198. The number of rotatable bonds is 7. The number of carbonyl (C=O) groups is 1. The van der Waals surface area contributed by atoms with Gasteiger partial charge in [-0.1, -0.05) is 18.2 Å². The number of carbonyl (C=O) groups excluding carboxylic acids is 1. The first-order chi connectivity index (χ1) is 10.3. The summed E-state index contributed by atoms with van der Waals surface area (Å²) >= 11 is 1.72. The summed E-state index contributed by atoms with van der Waals surface area (Å²) in [6, 6.07) is 10.1. The number of aliphatic hydroxyl groups excluding tert-OH is 1. The maximum Gasteiger partial charge on any atom is 0.358 e. The number of nitrogens with zero attached hydrogens (tertiary/aromatic N) is 2. The van der Waals surface area contributed by atoms with Crippen molar-refractivity contribution >= 4 is 17.7 Å². The zero-order chi connectivity index (χ0) is 15.1. The van der Waals surface area contributed by atoms with E-state index in [9.17, 15) is 9.90 Å². The third-order valence-electron chi connectivity index (χ3n) is 2.91. The fourth-order valence-electron chi connectivity index (χ4n) is 1.91. The number of ether oxygens (including phenoxy) is 1. The molecule has 0 aliphatic rings. The van der Waals surface area contributed by atoms with Crippen molar-refractivity contribution in [3.63, 3.8) is 0 Å². The standard InChI is InChI=1S/C15H18N2O3S/c1-2-20-15(19)14-13(10-18)17(11-16-14)8-9-21-12-6-4-3-5-7-12/h3-7,11,18H,2,8-10H2,1H3. The highest BCUT2D eigenvalue weighted by molar-refractivity contribution is 7.99. The van der Waals surface area contributed by atoms with Gasteiger partial charge in [-0.15, -0.1) is 11.8 Å². The lowest BCUT2D eigenvalue weighted by atomic mass is 10.3. The molecule has 0 aliphatic carbocycles. The van der Waals surface area contributed by atoms with E-state index in [1.807, 2.05) is 18.2 Å². The number of imidazole rings is 1. The number of aryl methyl sites for hydroxylation is 1. The van der Waals surface area contributed by atoms with Gasteiger partial charge in [-0.05, 0) is 19.1 Å². The number of benzene rings is 1. The van der Waals surface area contributed by atoms with E-state index >= 15 is 0 Å². The quantitative estimate of drug-likeness (QED) is 0.628. The van der Waals surface area contributed by atoms with Gasteiger partial charge in [-0.2, -0.15) is 0 Å². The van der Waals surface area contributed by atoms with Crippen LogP contribution in [0.4, 0.5) is 0 Å². The van der Waals surface area contributed by atoms with E-state index in [0.29, 0.717) is 18.8 Å². The van der Waals surface area contributed by atoms with Crippen LogP contribution in [-0.2, 0) is 17.9 Å². The molecule has 0 atom stereocenters. The van der Waals surface area contributed by atoms with Crippen LogP contribution in [-0.4, -0.2) is 33.0 Å². The van der Waals surface area contributed by atoms with Gasteiger partial charge < -0.3 is 14.4 Å². The van der Waals surface area contributed by atoms with Gasteiger partial charge in [0.05, 0.1) is 25.2 Å². The largest absolute Gasteiger partial charge is 0.461 e. The first kappa shape index (κ1) is 15.6. The lowest BCUT2D eigenvalue weighted by molar-refractivity contribution is 0.0516. The molecule has 0 saturated carbocycles. The normalized spacial score (nSPS) is 10.6. The Morgan fingerprint density at radius 3 is 2.81 bits per heavy atom. The number of aromatic nitrogens is 2. The van der Waals surface area contributed by atoms with Gasteiger partial charge >= 0.3 is 5.97 Å². The Morgan fingerprint density at radius 2 is 2.14 bits per heavy atom. The van der Waals surface area contributed by atoms with Gasteiger partial charge in [0.15, 0.2) is 5.69 Å². The summed E-state index contributed by atoms with van der Waals surface area (Å²) in [6.45, 7) is 2.47. The Labute approximate surface area is 128 Å².